The number of ether oxygens (including phenoxy) is 2. The molecule has 2 aromatic rings. The van der Waals surface area contributed by atoms with E-state index in [-0.39, 0.29) is 11.8 Å². The Balaban J connectivity index is 2.14. The summed E-state index contributed by atoms with van der Waals surface area (Å²) in [5, 5.41) is 2.90. The molecule has 0 heterocycles. The van der Waals surface area contributed by atoms with Crippen molar-refractivity contribution in [3.63, 3.8) is 0 Å². The monoisotopic (exact) mass is 426 g/mol. The number of methoxy groups -OCH3 is 2. The molecule has 1 atom stereocenters. The van der Waals surface area contributed by atoms with Crippen LogP contribution in [0.1, 0.15) is 43.4 Å². The molecule has 0 spiro atoms. The van der Waals surface area contributed by atoms with Gasteiger partial charge in [0.1, 0.15) is 6.04 Å². The first-order valence-electron chi connectivity index (χ1n) is 10.7. The molecule has 0 fully saturated rings. The molecule has 6 nitrogen and oxygen atoms in total. The molecule has 0 saturated heterocycles. The summed E-state index contributed by atoms with van der Waals surface area (Å²) < 4.78 is 10.6. The number of hydrogen-bond donors (Lipinski definition) is 1. The molecule has 0 saturated carbocycles. The van der Waals surface area contributed by atoms with Gasteiger partial charge < -0.3 is 19.7 Å². The Hall–Kier alpha value is -3.02. The quantitative estimate of drug-likeness (QED) is 0.592. The van der Waals surface area contributed by atoms with E-state index >= 15 is 0 Å². The minimum absolute atomic E-state index is 0.0606. The Bertz CT molecular complexity index is 864. The van der Waals surface area contributed by atoms with Crippen LogP contribution in [-0.4, -0.2) is 43.5 Å². The maximum atomic E-state index is 13.2. The highest BCUT2D eigenvalue weighted by atomic mass is 16.5. The number of carbonyl (C=O) groups excluding carboxylic acids is 2. The van der Waals surface area contributed by atoms with Crippen LogP contribution < -0.4 is 14.8 Å². The Morgan fingerprint density at radius 3 is 2.26 bits per heavy atom. The molecule has 2 rings (SSSR count). The summed E-state index contributed by atoms with van der Waals surface area (Å²) in [6.07, 6.45) is 1.70. The van der Waals surface area contributed by atoms with E-state index in [1.165, 1.54) is 0 Å². The van der Waals surface area contributed by atoms with Gasteiger partial charge in [-0.25, -0.2) is 0 Å². The smallest absolute Gasteiger partial charge is 0.242 e. The number of nitrogens with zero attached hydrogens (tertiary/aromatic N) is 1. The third kappa shape index (κ3) is 7.02. The molecule has 0 aliphatic heterocycles. The molecule has 1 unspecified atom stereocenters. The molecule has 0 aliphatic rings. The molecule has 1 N–H and O–H groups in total. The third-order valence-corrected chi connectivity index (χ3v) is 5.27. The first-order chi connectivity index (χ1) is 14.9. The normalized spacial score (nSPS) is 11.5. The van der Waals surface area contributed by atoms with Gasteiger partial charge in [0.25, 0.3) is 0 Å². The first kappa shape index (κ1) is 24.3. The van der Waals surface area contributed by atoms with Crippen molar-refractivity contribution in [2.45, 2.75) is 52.6 Å². The van der Waals surface area contributed by atoms with Crippen molar-refractivity contribution >= 4 is 11.8 Å². The van der Waals surface area contributed by atoms with Gasteiger partial charge in [0.2, 0.25) is 11.8 Å². The molecule has 0 bridgehead atoms. The molecular weight excluding hydrogens is 392 g/mol. The highest BCUT2D eigenvalue weighted by molar-refractivity contribution is 5.87. The fourth-order valence-corrected chi connectivity index (χ4v) is 3.30. The number of carbonyl (C=O) groups is 2. The second kappa shape index (κ2) is 12.0. The number of hydrogen-bond acceptors (Lipinski definition) is 4. The third-order valence-electron chi connectivity index (χ3n) is 5.27. The van der Waals surface area contributed by atoms with Gasteiger partial charge in [-0.2, -0.15) is 0 Å². The SMILES string of the molecule is CCCNC(=O)C(C)N(Cc1ccc(C)cc1)C(=O)CCc1ccc(OC)c(OC)c1. The van der Waals surface area contributed by atoms with Crippen LogP contribution >= 0.6 is 0 Å². The van der Waals surface area contributed by atoms with Crippen LogP contribution in [0.2, 0.25) is 0 Å². The fraction of sp³-hybridized carbons (Fsp3) is 0.440. The fourth-order valence-electron chi connectivity index (χ4n) is 3.30. The standard InChI is InChI=1S/C25H34N2O4/c1-6-15-26-25(29)19(3)27(17-21-9-7-18(2)8-10-21)24(28)14-12-20-11-13-22(30-4)23(16-20)31-5/h7-11,13,16,19H,6,12,14-15,17H2,1-5H3,(H,26,29). The minimum atomic E-state index is -0.550. The van der Waals surface area contributed by atoms with Crippen molar-refractivity contribution in [1.29, 1.82) is 0 Å². The number of amides is 2. The Morgan fingerprint density at radius 2 is 1.65 bits per heavy atom. The van der Waals surface area contributed by atoms with Gasteiger partial charge in [-0.05, 0) is 49.9 Å². The lowest BCUT2D eigenvalue weighted by molar-refractivity contribution is -0.140. The van der Waals surface area contributed by atoms with Crippen LogP contribution in [-0.2, 0) is 22.6 Å². The van der Waals surface area contributed by atoms with Gasteiger partial charge in [-0.1, -0.05) is 42.8 Å². The van der Waals surface area contributed by atoms with Gasteiger partial charge in [-0.15, -0.1) is 0 Å². The summed E-state index contributed by atoms with van der Waals surface area (Å²) in [5.41, 5.74) is 3.13. The van der Waals surface area contributed by atoms with Crippen molar-refractivity contribution in [2.24, 2.45) is 0 Å². The van der Waals surface area contributed by atoms with E-state index in [1.807, 2.05) is 56.3 Å². The summed E-state index contributed by atoms with van der Waals surface area (Å²) in [4.78, 5) is 27.4. The highest BCUT2D eigenvalue weighted by Gasteiger charge is 2.25. The van der Waals surface area contributed by atoms with E-state index < -0.39 is 6.04 Å². The highest BCUT2D eigenvalue weighted by Crippen LogP contribution is 2.28. The van der Waals surface area contributed by atoms with Crippen molar-refractivity contribution in [2.75, 3.05) is 20.8 Å². The van der Waals surface area contributed by atoms with Crippen LogP contribution in [0.5, 0.6) is 11.5 Å². The van der Waals surface area contributed by atoms with E-state index in [2.05, 4.69) is 5.32 Å². The molecular formula is C25H34N2O4. The molecule has 0 aromatic heterocycles. The van der Waals surface area contributed by atoms with Crippen molar-refractivity contribution in [3.05, 3.63) is 59.2 Å². The minimum Gasteiger partial charge on any atom is -0.493 e. The number of nitrogens with one attached hydrogen (secondary N) is 1. The lowest BCUT2D eigenvalue weighted by Gasteiger charge is -2.29. The molecule has 6 heteroatoms. The predicted octanol–water partition coefficient (Wildman–Crippen LogP) is 3.89. The maximum Gasteiger partial charge on any atom is 0.242 e. The Morgan fingerprint density at radius 1 is 1.00 bits per heavy atom. The average Bonchev–Trinajstić information content (AvgIpc) is 2.79. The van der Waals surface area contributed by atoms with Crippen LogP contribution in [0.3, 0.4) is 0 Å². The summed E-state index contributed by atoms with van der Waals surface area (Å²) in [7, 11) is 3.18. The zero-order valence-corrected chi connectivity index (χ0v) is 19.2. The lowest BCUT2D eigenvalue weighted by atomic mass is 10.1. The van der Waals surface area contributed by atoms with Crippen molar-refractivity contribution in [1.82, 2.24) is 10.2 Å². The second-order valence-electron chi connectivity index (χ2n) is 7.66. The Labute approximate surface area is 185 Å². The van der Waals surface area contributed by atoms with E-state index in [0.717, 1.165) is 23.1 Å². The largest absolute Gasteiger partial charge is 0.493 e. The van der Waals surface area contributed by atoms with Crippen LogP contribution in [0.25, 0.3) is 0 Å². The van der Waals surface area contributed by atoms with Gasteiger partial charge in [0.05, 0.1) is 14.2 Å². The van der Waals surface area contributed by atoms with E-state index in [1.54, 1.807) is 26.0 Å². The summed E-state index contributed by atoms with van der Waals surface area (Å²) >= 11 is 0. The van der Waals surface area contributed by atoms with Gasteiger partial charge >= 0.3 is 0 Å². The van der Waals surface area contributed by atoms with Crippen LogP contribution in [0.15, 0.2) is 42.5 Å². The van der Waals surface area contributed by atoms with Crippen molar-refractivity contribution < 1.29 is 19.1 Å². The van der Waals surface area contributed by atoms with E-state index in [4.69, 9.17) is 9.47 Å². The van der Waals surface area contributed by atoms with E-state index in [0.29, 0.717) is 37.4 Å². The maximum absolute atomic E-state index is 13.2. The molecule has 0 radical (unpaired) electrons. The lowest BCUT2D eigenvalue weighted by Crippen LogP contribution is -2.47. The Kier molecular flexibility index (Phi) is 9.38. The predicted molar refractivity (Wildman–Crippen MR) is 122 cm³/mol. The number of benzene rings is 2. The topological polar surface area (TPSA) is 67.9 Å². The zero-order valence-electron chi connectivity index (χ0n) is 19.2. The molecule has 2 amide bonds. The molecule has 0 aliphatic carbocycles. The van der Waals surface area contributed by atoms with Crippen LogP contribution in [0.4, 0.5) is 0 Å². The first-order valence-corrected chi connectivity index (χ1v) is 10.7. The van der Waals surface area contributed by atoms with Gasteiger partial charge in [-0.3, -0.25) is 9.59 Å². The molecule has 31 heavy (non-hydrogen) atoms. The average molecular weight is 427 g/mol. The zero-order chi connectivity index (χ0) is 22.8. The van der Waals surface area contributed by atoms with Crippen LogP contribution in [0, 0.1) is 6.92 Å². The summed E-state index contributed by atoms with van der Waals surface area (Å²) in [5.74, 6) is 1.10. The van der Waals surface area contributed by atoms with Gasteiger partial charge in [0.15, 0.2) is 11.5 Å². The molecule has 2 aromatic carbocycles. The second-order valence-corrected chi connectivity index (χ2v) is 7.66. The summed E-state index contributed by atoms with van der Waals surface area (Å²) in [6, 6.07) is 13.1. The number of aryl methyl sites for hydroxylation is 2. The van der Waals surface area contributed by atoms with E-state index in [9.17, 15) is 9.59 Å². The number of rotatable bonds is 11. The summed E-state index contributed by atoms with van der Waals surface area (Å²) in [6.45, 7) is 6.81. The van der Waals surface area contributed by atoms with Gasteiger partial charge in [0, 0.05) is 19.5 Å². The van der Waals surface area contributed by atoms with Crippen molar-refractivity contribution in [3.8, 4) is 11.5 Å². The molecule has 168 valence electrons.